The van der Waals surface area contributed by atoms with Gasteiger partial charge in [-0.2, -0.15) is 0 Å². The molecule has 0 aliphatic carbocycles. The predicted molar refractivity (Wildman–Crippen MR) is 85.3 cm³/mol. The van der Waals surface area contributed by atoms with Gasteiger partial charge in [-0.05, 0) is 42.3 Å². The number of rotatable bonds is 5. The van der Waals surface area contributed by atoms with Crippen LogP contribution in [0.5, 0.6) is 5.75 Å². The SMILES string of the molecule is CCc1ccc(N(C)Cc2cc(N)ccc2OC)cc1. The molecule has 0 saturated heterocycles. The molecule has 0 heterocycles. The normalized spacial score (nSPS) is 10.3. The van der Waals surface area contributed by atoms with Crippen LogP contribution in [0.3, 0.4) is 0 Å². The van der Waals surface area contributed by atoms with Gasteiger partial charge in [-0.25, -0.2) is 0 Å². The molecule has 0 aliphatic rings. The fraction of sp³-hybridized carbons (Fsp3) is 0.294. The zero-order chi connectivity index (χ0) is 14.5. The smallest absolute Gasteiger partial charge is 0.123 e. The maximum absolute atomic E-state index is 5.86. The van der Waals surface area contributed by atoms with E-state index in [1.165, 1.54) is 11.3 Å². The van der Waals surface area contributed by atoms with Crippen molar-refractivity contribution in [3.63, 3.8) is 0 Å². The molecule has 0 radical (unpaired) electrons. The molecule has 0 atom stereocenters. The number of hydrogen-bond acceptors (Lipinski definition) is 3. The van der Waals surface area contributed by atoms with Gasteiger partial charge in [0, 0.05) is 30.5 Å². The highest BCUT2D eigenvalue weighted by Crippen LogP contribution is 2.24. The molecule has 0 amide bonds. The summed E-state index contributed by atoms with van der Waals surface area (Å²) in [4.78, 5) is 2.19. The van der Waals surface area contributed by atoms with Crippen molar-refractivity contribution in [1.82, 2.24) is 0 Å². The minimum Gasteiger partial charge on any atom is -0.496 e. The molecule has 106 valence electrons. The molecule has 3 nitrogen and oxygen atoms in total. The van der Waals surface area contributed by atoms with Gasteiger partial charge >= 0.3 is 0 Å². The van der Waals surface area contributed by atoms with Crippen LogP contribution in [-0.2, 0) is 13.0 Å². The molecule has 0 aliphatic heterocycles. The number of aryl methyl sites for hydroxylation is 1. The van der Waals surface area contributed by atoms with E-state index in [1.807, 2.05) is 18.2 Å². The molecular formula is C17H22N2O. The fourth-order valence-corrected chi connectivity index (χ4v) is 2.26. The lowest BCUT2D eigenvalue weighted by Crippen LogP contribution is -2.17. The van der Waals surface area contributed by atoms with Crippen LogP contribution in [0.4, 0.5) is 11.4 Å². The van der Waals surface area contributed by atoms with E-state index in [2.05, 4.69) is 43.1 Å². The van der Waals surface area contributed by atoms with E-state index in [9.17, 15) is 0 Å². The Balaban J connectivity index is 2.17. The minimum atomic E-state index is 0.760. The van der Waals surface area contributed by atoms with E-state index in [1.54, 1.807) is 7.11 Å². The molecule has 0 unspecified atom stereocenters. The molecule has 3 heteroatoms. The van der Waals surface area contributed by atoms with Crippen molar-refractivity contribution in [3.05, 3.63) is 53.6 Å². The second-order valence-electron chi connectivity index (χ2n) is 4.95. The molecular weight excluding hydrogens is 248 g/mol. The van der Waals surface area contributed by atoms with Gasteiger partial charge in [-0.1, -0.05) is 19.1 Å². The summed E-state index contributed by atoms with van der Waals surface area (Å²) in [5.41, 5.74) is 10.2. The van der Waals surface area contributed by atoms with Crippen LogP contribution < -0.4 is 15.4 Å². The molecule has 0 aromatic heterocycles. The Morgan fingerprint density at radius 3 is 2.40 bits per heavy atom. The van der Waals surface area contributed by atoms with Crippen molar-refractivity contribution in [2.24, 2.45) is 0 Å². The van der Waals surface area contributed by atoms with E-state index in [0.717, 1.165) is 30.0 Å². The van der Waals surface area contributed by atoms with Crippen LogP contribution in [0.2, 0.25) is 0 Å². The number of nitrogens with two attached hydrogens (primary N) is 1. The van der Waals surface area contributed by atoms with Crippen LogP contribution in [-0.4, -0.2) is 14.2 Å². The minimum absolute atomic E-state index is 0.760. The van der Waals surface area contributed by atoms with Gasteiger partial charge in [0.15, 0.2) is 0 Å². The lowest BCUT2D eigenvalue weighted by atomic mass is 10.1. The second-order valence-corrected chi connectivity index (χ2v) is 4.95. The fourth-order valence-electron chi connectivity index (χ4n) is 2.26. The van der Waals surface area contributed by atoms with Crippen LogP contribution in [0, 0.1) is 0 Å². The Labute approximate surface area is 121 Å². The summed E-state index contributed by atoms with van der Waals surface area (Å²) in [6.07, 6.45) is 1.06. The molecule has 2 N–H and O–H groups in total. The number of ether oxygens (including phenoxy) is 1. The number of methoxy groups -OCH3 is 1. The lowest BCUT2D eigenvalue weighted by molar-refractivity contribution is 0.409. The third-order valence-corrected chi connectivity index (χ3v) is 3.50. The summed E-state index contributed by atoms with van der Waals surface area (Å²) < 4.78 is 5.39. The Morgan fingerprint density at radius 1 is 1.10 bits per heavy atom. The first-order valence-corrected chi connectivity index (χ1v) is 6.86. The first-order chi connectivity index (χ1) is 9.63. The van der Waals surface area contributed by atoms with Crippen molar-refractivity contribution in [1.29, 1.82) is 0 Å². The Morgan fingerprint density at radius 2 is 1.80 bits per heavy atom. The molecule has 2 aromatic rings. The Kier molecular flexibility index (Phi) is 4.51. The lowest BCUT2D eigenvalue weighted by Gasteiger charge is -2.21. The zero-order valence-corrected chi connectivity index (χ0v) is 12.4. The van der Waals surface area contributed by atoms with Crippen LogP contribution in [0.15, 0.2) is 42.5 Å². The van der Waals surface area contributed by atoms with Crippen molar-refractivity contribution < 1.29 is 4.74 Å². The molecule has 0 bridgehead atoms. The third kappa shape index (κ3) is 3.23. The second kappa shape index (κ2) is 6.33. The van der Waals surface area contributed by atoms with Gasteiger partial charge < -0.3 is 15.4 Å². The maximum atomic E-state index is 5.86. The average molecular weight is 270 g/mol. The van der Waals surface area contributed by atoms with Crippen LogP contribution >= 0.6 is 0 Å². The largest absolute Gasteiger partial charge is 0.496 e. The first-order valence-electron chi connectivity index (χ1n) is 6.86. The highest BCUT2D eigenvalue weighted by atomic mass is 16.5. The van der Waals surface area contributed by atoms with Crippen molar-refractivity contribution in [2.75, 3.05) is 24.8 Å². The highest BCUT2D eigenvalue weighted by Gasteiger charge is 2.08. The van der Waals surface area contributed by atoms with Gasteiger partial charge in [-0.15, -0.1) is 0 Å². The summed E-state index contributed by atoms with van der Waals surface area (Å²) in [6, 6.07) is 14.4. The average Bonchev–Trinajstić information content (AvgIpc) is 2.47. The molecule has 2 aromatic carbocycles. The molecule has 0 fully saturated rings. The topological polar surface area (TPSA) is 38.5 Å². The van der Waals surface area contributed by atoms with E-state index in [4.69, 9.17) is 10.5 Å². The summed E-state index contributed by atoms with van der Waals surface area (Å²) in [5.74, 6) is 0.872. The van der Waals surface area contributed by atoms with Gasteiger partial charge in [-0.3, -0.25) is 0 Å². The monoisotopic (exact) mass is 270 g/mol. The van der Waals surface area contributed by atoms with Crippen LogP contribution in [0.1, 0.15) is 18.1 Å². The third-order valence-electron chi connectivity index (χ3n) is 3.50. The maximum Gasteiger partial charge on any atom is 0.123 e. The zero-order valence-electron chi connectivity index (χ0n) is 12.4. The molecule has 0 saturated carbocycles. The van der Waals surface area contributed by atoms with Gasteiger partial charge in [0.25, 0.3) is 0 Å². The Bertz CT molecular complexity index is 564. The van der Waals surface area contributed by atoms with Gasteiger partial charge in [0.2, 0.25) is 0 Å². The molecule has 0 spiro atoms. The predicted octanol–water partition coefficient (Wildman–Crippen LogP) is 3.48. The Hall–Kier alpha value is -2.16. The van der Waals surface area contributed by atoms with E-state index < -0.39 is 0 Å². The van der Waals surface area contributed by atoms with Crippen molar-refractivity contribution >= 4 is 11.4 Å². The summed E-state index contributed by atoms with van der Waals surface area (Å²) in [6.45, 7) is 2.93. The molecule has 20 heavy (non-hydrogen) atoms. The first kappa shape index (κ1) is 14.3. The summed E-state index contributed by atoms with van der Waals surface area (Å²) in [5, 5.41) is 0. The van der Waals surface area contributed by atoms with Gasteiger partial charge in [0.05, 0.1) is 7.11 Å². The summed E-state index contributed by atoms with van der Waals surface area (Å²) >= 11 is 0. The van der Waals surface area contributed by atoms with E-state index >= 15 is 0 Å². The van der Waals surface area contributed by atoms with Crippen LogP contribution in [0.25, 0.3) is 0 Å². The number of benzene rings is 2. The quantitative estimate of drug-likeness (QED) is 0.845. The number of hydrogen-bond donors (Lipinski definition) is 1. The van der Waals surface area contributed by atoms with Gasteiger partial charge in [0.1, 0.15) is 5.75 Å². The van der Waals surface area contributed by atoms with E-state index in [-0.39, 0.29) is 0 Å². The number of nitrogens with zero attached hydrogens (tertiary/aromatic N) is 1. The van der Waals surface area contributed by atoms with Crippen molar-refractivity contribution in [3.8, 4) is 5.75 Å². The van der Waals surface area contributed by atoms with Crippen molar-refractivity contribution in [2.45, 2.75) is 19.9 Å². The standard InChI is InChI=1S/C17H22N2O/c1-4-13-5-8-16(9-6-13)19(2)12-14-11-15(18)7-10-17(14)20-3/h5-11H,4,12,18H2,1-3H3. The van der Waals surface area contributed by atoms with E-state index in [0.29, 0.717) is 0 Å². The summed E-state index contributed by atoms with van der Waals surface area (Å²) in [7, 11) is 3.76. The highest BCUT2D eigenvalue weighted by molar-refractivity contribution is 5.52. The number of anilines is 2. The number of nitrogen functional groups attached to an aromatic ring is 1. The molecule has 2 rings (SSSR count).